The first-order valence-electron chi connectivity index (χ1n) is 6.65. The molecule has 1 amide bonds. The summed E-state index contributed by atoms with van der Waals surface area (Å²) in [6, 6.07) is 7.88. The number of benzene rings is 1. The second-order valence-corrected chi connectivity index (χ2v) is 6.10. The van der Waals surface area contributed by atoms with Gasteiger partial charge in [0.15, 0.2) is 6.10 Å². The maximum atomic E-state index is 12.4. The Hall–Kier alpha value is -1.20. The molecule has 2 aliphatic rings. The van der Waals surface area contributed by atoms with Gasteiger partial charge in [0.25, 0.3) is 5.91 Å². The van der Waals surface area contributed by atoms with E-state index in [0.29, 0.717) is 18.2 Å². The van der Waals surface area contributed by atoms with Crippen LogP contribution < -0.4 is 10.5 Å². The Labute approximate surface area is 117 Å². The molecule has 1 aromatic rings. The zero-order valence-corrected chi connectivity index (χ0v) is 11.6. The monoisotopic (exact) mass is 278 g/mol. The molecule has 1 saturated heterocycles. The van der Waals surface area contributed by atoms with Crippen molar-refractivity contribution in [1.29, 1.82) is 0 Å². The van der Waals surface area contributed by atoms with Crippen LogP contribution in [0.3, 0.4) is 0 Å². The van der Waals surface area contributed by atoms with E-state index in [0.717, 1.165) is 30.2 Å². The number of para-hydroxylation sites is 1. The molecule has 3 rings (SSSR count). The maximum absolute atomic E-state index is 12.4. The van der Waals surface area contributed by atoms with E-state index in [1.54, 1.807) is 11.8 Å². The van der Waals surface area contributed by atoms with Gasteiger partial charge >= 0.3 is 0 Å². The third-order valence-corrected chi connectivity index (χ3v) is 4.83. The predicted molar refractivity (Wildman–Crippen MR) is 75.3 cm³/mol. The van der Waals surface area contributed by atoms with E-state index in [2.05, 4.69) is 0 Å². The van der Waals surface area contributed by atoms with E-state index in [1.807, 2.05) is 29.2 Å². The van der Waals surface area contributed by atoms with E-state index in [-0.39, 0.29) is 12.0 Å². The Balaban J connectivity index is 1.66. The second kappa shape index (κ2) is 5.43. The molecular formula is C14H18N2O2S. The summed E-state index contributed by atoms with van der Waals surface area (Å²) >= 11 is 1.69. The average Bonchev–Trinajstić information content (AvgIpc) is 2.95. The van der Waals surface area contributed by atoms with Gasteiger partial charge in [-0.15, -0.1) is 11.8 Å². The Bertz CT molecular complexity index is 480. The molecule has 0 aliphatic carbocycles. The van der Waals surface area contributed by atoms with Crippen LogP contribution >= 0.6 is 11.8 Å². The summed E-state index contributed by atoms with van der Waals surface area (Å²) in [5, 5.41) is 0. The largest absolute Gasteiger partial charge is 0.479 e. The number of carbonyl (C=O) groups excluding carboxylic acids is 1. The fraction of sp³-hybridized carbons (Fsp3) is 0.500. The lowest BCUT2D eigenvalue weighted by molar-refractivity contribution is -0.136. The highest BCUT2D eigenvalue weighted by atomic mass is 32.2. The van der Waals surface area contributed by atoms with Crippen molar-refractivity contribution in [2.24, 2.45) is 11.7 Å². The lowest BCUT2D eigenvalue weighted by Gasteiger charge is -2.28. The minimum atomic E-state index is -0.351. The third-order valence-electron chi connectivity index (χ3n) is 3.71. The maximum Gasteiger partial charge on any atom is 0.264 e. The van der Waals surface area contributed by atoms with Gasteiger partial charge in [0.1, 0.15) is 5.75 Å². The molecule has 0 bridgehead atoms. The number of hydrogen-bond donors (Lipinski definition) is 1. The van der Waals surface area contributed by atoms with Crippen LogP contribution in [0.25, 0.3) is 0 Å². The summed E-state index contributed by atoms with van der Waals surface area (Å²) in [7, 11) is 0. The standard InChI is InChI=1S/C14H18N2O2S/c15-7-10-5-6-16(8-10)14(17)12-9-19-13-4-2-1-3-11(13)18-12/h1-4,10,12H,5-9,15H2/t10-,12-/m0/s1. The van der Waals surface area contributed by atoms with Crippen molar-refractivity contribution >= 4 is 17.7 Å². The van der Waals surface area contributed by atoms with Crippen molar-refractivity contribution in [2.45, 2.75) is 17.4 Å². The number of amides is 1. The first kappa shape index (κ1) is 12.8. The van der Waals surface area contributed by atoms with Crippen LogP contribution in [-0.4, -0.2) is 42.3 Å². The molecule has 2 N–H and O–H groups in total. The number of thioether (sulfide) groups is 1. The van der Waals surface area contributed by atoms with Crippen molar-refractivity contribution in [2.75, 3.05) is 25.4 Å². The molecule has 0 unspecified atom stereocenters. The van der Waals surface area contributed by atoms with Crippen LogP contribution in [0.1, 0.15) is 6.42 Å². The summed E-state index contributed by atoms with van der Waals surface area (Å²) in [4.78, 5) is 15.4. The number of carbonyl (C=O) groups is 1. The zero-order chi connectivity index (χ0) is 13.2. The number of rotatable bonds is 2. The van der Waals surface area contributed by atoms with E-state index in [1.165, 1.54) is 0 Å². The third kappa shape index (κ3) is 2.58. The summed E-state index contributed by atoms with van der Waals surface area (Å²) in [5.41, 5.74) is 5.66. The summed E-state index contributed by atoms with van der Waals surface area (Å²) in [5.74, 6) is 2.08. The van der Waals surface area contributed by atoms with Gasteiger partial charge in [0, 0.05) is 23.7 Å². The topological polar surface area (TPSA) is 55.6 Å². The van der Waals surface area contributed by atoms with Gasteiger partial charge in [-0.25, -0.2) is 0 Å². The number of nitrogens with two attached hydrogens (primary N) is 1. The molecule has 0 saturated carbocycles. The van der Waals surface area contributed by atoms with Crippen LogP contribution in [0.4, 0.5) is 0 Å². The molecule has 0 aromatic heterocycles. The SMILES string of the molecule is NC[C@@H]1CCN(C(=O)[C@@H]2CSc3ccccc3O2)C1. The average molecular weight is 278 g/mol. The number of fused-ring (bicyclic) bond motifs is 1. The van der Waals surface area contributed by atoms with Gasteiger partial charge < -0.3 is 15.4 Å². The molecule has 4 nitrogen and oxygen atoms in total. The van der Waals surface area contributed by atoms with Crippen LogP contribution in [0.2, 0.25) is 0 Å². The molecule has 2 atom stereocenters. The summed E-state index contributed by atoms with van der Waals surface area (Å²) in [6.45, 7) is 2.25. The smallest absolute Gasteiger partial charge is 0.264 e. The lowest BCUT2D eigenvalue weighted by Crippen LogP contribution is -2.43. The minimum absolute atomic E-state index is 0.109. The Kier molecular flexibility index (Phi) is 3.66. The molecule has 5 heteroatoms. The first-order chi connectivity index (χ1) is 9.28. The molecule has 19 heavy (non-hydrogen) atoms. The molecule has 1 aromatic carbocycles. The molecular weight excluding hydrogens is 260 g/mol. The van der Waals surface area contributed by atoms with Crippen molar-refractivity contribution in [3.63, 3.8) is 0 Å². The number of hydrogen-bond acceptors (Lipinski definition) is 4. The van der Waals surface area contributed by atoms with Crippen LogP contribution in [0.5, 0.6) is 5.75 Å². The first-order valence-corrected chi connectivity index (χ1v) is 7.64. The molecule has 2 heterocycles. The molecule has 0 spiro atoms. The Morgan fingerprint density at radius 2 is 2.32 bits per heavy atom. The quantitative estimate of drug-likeness (QED) is 0.887. The fourth-order valence-electron chi connectivity index (χ4n) is 2.57. The van der Waals surface area contributed by atoms with E-state index < -0.39 is 0 Å². The van der Waals surface area contributed by atoms with Gasteiger partial charge in [-0.1, -0.05) is 12.1 Å². The molecule has 0 radical (unpaired) electrons. The summed E-state index contributed by atoms with van der Waals surface area (Å²) in [6.07, 6.45) is 0.662. The van der Waals surface area contributed by atoms with Crippen molar-refractivity contribution in [3.05, 3.63) is 24.3 Å². The zero-order valence-electron chi connectivity index (χ0n) is 10.7. The highest BCUT2D eigenvalue weighted by molar-refractivity contribution is 7.99. The number of nitrogens with zero attached hydrogens (tertiary/aromatic N) is 1. The highest BCUT2D eigenvalue weighted by Crippen LogP contribution is 2.35. The summed E-state index contributed by atoms with van der Waals surface area (Å²) < 4.78 is 5.83. The van der Waals surface area contributed by atoms with Crippen molar-refractivity contribution in [1.82, 2.24) is 4.90 Å². The van der Waals surface area contributed by atoms with Crippen LogP contribution in [0, 0.1) is 5.92 Å². The van der Waals surface area contributed by atoms with E-state index >= 15 is 0 Å². The lowest BCUT2D eigenvalue weighted by atomic mass is 10.1. The van der Waals surface area contributed by atoms with Crippen molar-refractivity contribution in [3.8, 4) is 5.75 Å². The van der Waals surface area contributed by atoms with Gasteiger partial charge in [-0.05, 0) is 31.0 Å². The normalized spacial score (nSPS) is 25.8. The van der Waals surface area contributed by atoms with Gasteiger partial charge in [0.05, 0.1) is 0 Å². The van der Waals surface area contributed by atoms with Crippen molar-refractivity contribution < 1.29 is 9.53 Å². The minimum Gasteiger partial charge on any atom is -0.479 e. The Morgan fingerprint density at radius 1 is 1.47 bits per heavy atom. The number of likely N-dealkylation sites (tertiary alicyclic amines) is 1. The second-order valence-electron chi connectivity index (χ2n) is 5.04. The fourth-order valence-corrected chi connectivity index (χ4v) is 3.54. The van der Waals surface area contributed by atoms with E-state index in [9.17, 15) is 4.79 Å². The number of ether oxygens (including phenoxy) is 1. The van der Waals surface area contributed by atoms with Gasteiger partial charge in [0.2, 0.25) is 0 Å². The Morgan fingerprint density at radius 3 is 3.11 bits per heavy atom. The van der Waals surface area contributed by atoms with Gasteiger partial charge in [-0.3, -0.25) is 4.79 Å². The highest BCUT2D eigenvalue weighted by Gasteiger charge is 2.33. The van der Waals surface area contributed by atoms with Crippen LogP contribution in [0.15, 0.2) is 29.2 Å². The molecule has 102 valence electrons. The van der Waals surface area contributed by atoms with Gasteiger partial charge in [-0.2, -0.15) is 0 Å². The van der Waals surface area contributed by atoms with Crippen LogP contribution in [-0.2, 0) is 4.79 Å². The predicted octanol–water partition coefficient (Wildman–Crippen LogP) is 1.35. The van der Waals surface area contributed by atoms with E-state index in [4.69, 9.17) is 10.5 Å². The molecule has 2 aliphatic heterocycles. The molecule has 1 fully saturated rings.